The first kappa shape index (κ1) is 13.4. The fourth-order valence-corrected chi connectivity index (χ4v) is 1.90. The lowest BCUT2D eigenvalue weighted by molar-refractivity contribution is 0.236. The molecular weight excluding hydrogens is 244 g/mol. The Balaban J connectivity index is 2.42. The molecule has 0 fully saturated rings. The van der Waals surface area contributed by atoms with Crippen LogP contribution in [0.15, 0.2) is 12.4 Å². The Bertz CT molecular complexity index is 555. The molecule has 19 heavy (non-hydrogen) atoms. The highest BCUT2D eigenvalue weighted by molar-refractivity contribution is 5.77. The molecule has 2 aromatic rings. The maximum atomic E-state index is 12.3. The van der Waals surface area contributed by atoms with Gasteiger partial charge in [-0.05, 0) is 18.3 Å². The van der Waals surface area contributed by atoms with E-state index in [1.165, 1.54) is 17.1 Å². The van der Waals surface area contributed by atoms with Gasteiger partial charge in [-0.2, -0.15) is 9.36 Å². The van der Waals surface area contributed by atoms with E-state index in [9.17, 15) is 4.79 Å². The molecule has 0 radical (unpaired) electrons. The zero-order chi connectivity index (χ0) is 14.0. The van der Waals surface area contributed by atoms with Gasteiger partial charge in [-0.15, -0.1) is 10.2 Å². The van der Waals surface area contributed by atoms with Crippen molar-refractivity contribution in [3.8, 4) is 0 Å². The number of hydrogen-bond donors (Lipinski definition) is 0. The van der Waals surface area contributed by atoms with E-state index >= 15 is 0 Å². The molecule has 0 aliphatic heterocycles. The van der Waals surface area contributed by atoms with Crippen LogP contribution in [0.2, 0.25) is 0 Å². The lowest BCUT2D eigenvalue weighted by Crippen LogP contribution is -2.24. The summed E-state index contributed by atoms with van der Waals surface area (Å²) in [4.78, 5) is 12.3. The standard InChI is InChI=1S/C12H18N6O/c1-8(2)7-10-11(9(3)4)14-16-18(10)12(19)17-6-5-13-15-17/h5-6,8-9H,7H2,1-4H3. The van der Waals surface area contributed by atoms with Crippen LogP contribution >= 0.6 is 0 Å². The minimum absolute atomic E-state index is 0.228. The lowest BCUT2D eigenvalue weighted by Gasteiger charge is -2.10. The van der Waals surface area contributed by atoms with Crippen molar-refractivity contribution in [3.05, 3.63) is 23.8 Å². The Kier molecular flexibility index (Phi) is 3.73. The van der Waals surface area contributed by atoms with Gasteiger partial charge in [0.2, 0.25) is 0 Å². The molecule has 0 saturated heterocycles. The summed E-state index contributed by atoms with van der Waals surface area (Å²) in [6.45, 7) is 8.28. The number of nitrogens with zero attached hydrogens (tertiary/aromatic N) is 6. The predicted molar refractivity (Wildman–Crippen MR) is 68.9 cm³/mol. The van der Waals surface area contributed by atoms with Gasteiger partial charge < -0.3 is 0 Å². The number of hydrogen-bond acceptors (Lipinski definition) is 5. The van der Waals surface area contributed by atoms with Gasteiger partial charge in [0.05, 0.1) is 23.8 Å². The lowest BCUT2D eigenvalue weighted by atomic mass is 10.0. The molecule has 0 saturated carbocycles. The smallest absolute Gasteiger partial charge is 0.243 e. The van der Waals surface area contributed by atoms with Crippen LogP contribution in [0, 0.1) is 5.92 Å². The Morgan fingerprint density at radius 1 is 1.26 bits per heavy atom. The SMILES string of the molecule is CC(C)Cc1c(C(C)C)nnn1C(=O)n1ccnn1. The molecule has 0 amide bonds. The molecule has 7 nitrogen and oxygen atoms in total. The molecule has 0 N–H and O–H groups in total. The van der Waals surface area contributed by atoms with Crippen molar-refractivity contribution in [2.24, 2.45) is 5.92 Å². The van der Waals surface area contributed by atoms with E-state index in [2.05, 4.69) is 34.5 Å². The van der Waals surface area contributed by atoms with E-state index < -0.39 is 0 Å². The van der Waals surface area contributed by atoms with Crippen LogP contribution in [0.3, 0.4) is 0 Å². The molecule has 0 aromatic carbocycles. The van der Waals surface area contributed by atoms with Gasteiger partial charge in [0.15, 0.2) is 0 Å². The van der Waals surface area contributed by atoms with Gasteiger partial charge in [0.25, 0.3) is 0 Å². The Morgan fingerprint density at radius 2 is 2.00 bits per heavy atom. The van der Waals surface area contributed by atoms with E-state index in [1.807, 2.05) is 13.8 Å². The van der Waals surface area contributed by atoms with Gasteiger partial charge in [0.1, 0.15) is 0 Å². The number of rotatable bonds is 3. The van der Waals surface area contributed by atoms with Crippen molar-refractivity contribution in [1.82, 2.24) is 30.0 Å². The third-order valence-corrected chi connectivity index (χ3v) is 2.74. The average molecular weight is 262 g/mol. The van der Waals surface area contributed by atoms with Crippen molar-refractivity contribution in [2.45, 2.75) is 40.0 Å². The van der Waals surface area contributed by atoms with Gasteiger partial charge in [-0.1, -0.05) is 38.1 Å². The highest BCUT2D eigenvalue weighted by Gasteiger charge is 2.22. The molecule has 0 unspecified atom stereocenters. The largest absolute Gasteiger partial charge is 0.372 e. The number of aromatic nitrogens is 6. The fourth-order valence-electron chi connectivity index (χ4n) is 1.90. The maximum absolute atomic E-state index is 12.3. The summed E-state index contributed by atoms with van der Waals surface area (Å²) in [6, 6.07) is -0.354. The van der Waals surface area contributed by atoms with E-state index in [4.69, 9.17) is 0 Å². The third-order valence-electron chi connectivity index (χ3n) is 2.74. The van der Waals surface area contributed by atoms with Gasteiger partial charge in [0, 0.05) is 0 Å². The monoisotopic (exact) mass is 262 g/mol. The van der Waals surface area contributed by atoms with Crippen LogP contribution in [0.1, 0.15) is 45.0 Å². The highest BCUT2D eigenvalue weighted by Crippen LogP contribution is 2.19. The van der Waals surface area contributed by atoms with Crippen LogP contribution in [-0.2, 0) is 6.42 Å². The molecule has 0 aliphatic carbocycles. The van der Waals surface area contributed by atoms with Crippen LogP contribution in [-0.4, -0.2) is 36.0 Å². The summed E-state index contributed by atoms with van der Waals surface area (Å²) < 4.78 is 2.48. The minimum atomic E-state index is -0.354. The molecule has 2 aromatic heterocycles. The first-order valence-corrected chi connectivity index (χ1v) is 6.36. The van der Waals surface area contributed by atoms with E-state index in [-0.39, 0.29) is 11.9 Å². The molecule has 102 valence electrons. The second-order valence-corrected chi connectivity index (χ2v) is 5.22. The summed E-state index contributed by atoms with van der Waals surface area (Å²) in [6.07, 6.45) is 3.71. The van der Waals surface area contributed by atoms with Crippen molar-refractivity contribution in [2.75, 3.05) is 0 Å². The Labute approximate surface area is 111 Å². The average Bonchev–Trinajstić information content (AvgIpc) is 2.95. The molecular formula is C12H18N6O. The van der Waals surface area contributed by atoms with Crippen molar-refractivity contribution in [3.63, 3.8) is 0 Å². The van der Waals surface area contributed by atoms with E-state index in [0.29, 0.717) is 5.92 Å². The topological polar surface area (TPSA) is 78.5 Å². The summed E-state index contributed by atoms with van der Waals surface area (Å²) in [5.41, 5.74) is 1.72. The first-order valence-electron chi connectivity index (χ1n) is 6.36. The third kappa shape index (κ3) is 2.69. The quantitative estimate of drug-likeness (QED) is 0.841. The van der Waals surface area contributed by atoms with Crippen molar-refractivity contribution < 1.29 is 4.79 Å². The normalized spacial score (nSPS) is 11.5. The van der Waals surface area contributed by atoms with Crippen LogP contribution < -0.4 is 0 Å². The maximum Gasteiger partial charge on any atom is 0.372 e. The van der Waals surface area contributed by atoms with Crippen LogP contribution in [0.4, 0.5) is 4.79 Å². The molecule has 2 rings (SSSR count). The van der Waals surface area contributed by atoms with Gasteiger partial charge in [-0.3, -0.25) is 0 Å². The van der Waals surface area contributed by atoms with Gasteiger partial charge in [-0.25, -0.2) is 4.79 Å². The molecule has 0 bridgehead atoms. The predicted octanol–water partition coefficient (Wildman–Crippen LogP) is 1.71. The Hall–Kier alpha value is -2.05. The molecule has 2 heterocycles. The first-order chi connectivity index (χ1) is 9.00. The zero-order valence-electron chi connectivity index (χ0n) is 11.6. The second kappa shape index (κ2) is 5.29. The van der Waals surface area contributed by atoms with Crippen molar-refractivity contribution in [1.29, 1.82) is 0 Å². The van der Waals surface area contributed by atoms with Crippen molar-refractivity contribution >= 4 is 6.03 Å². The molecule has 0 aliphatic rings. The fraction of sp³-hybridized carbons (Fsp3) is 0.583. The summed E-state index contributed by atoms with van der Waals surface area (Å²) in [7, 11) is 0. The van der Waals surface area contributed by atoms with Crippen LogP contribution in [0.5, 0.6) is 0 Å². The molecule has 0 spiro atoms. The molecule has 0 atom stereocenters. The zero-order valence-corrected chi connectivity index (χ0v) is 11.6. The minimum Gasteiger partial charge on any atom is -0.243 e. The van der Waals surface area contributed by atoms with Crippen LogP contribution in [0.25, 0.3) is 0 Å². The van der Waals surface area contributed by atoms with Gasteiger partial charge >= 0.3 is 6.03 Å². The number of carbonyl (C=O) groups excluding carboxylic acids is 1. The Morgan fingerprint density at radius 3 is 2.53 bits per heavy atom. The molecule has 7 heteroatoms. The number of carbonyl (C=O) groups is 1. The highest BCUT2D eigenvalue weighted by atomic mass is 16.2. The van der Waals surface area contributed by atoms with E-state index in [0.717, 1.165) is 22.5 Å². The summed E-state index contributed by atoms with van der Waals surface area (Å²) in [5.74, 6) is 0.643. The van der Waals surface area contributed by atoms with E-state index in [1.54, 1.807) is 0 Å². The second-order valence-electron chi connectivity index (χ2n) is 5.22. The summed E-state index contributed by atoms with van der Waals surface area (Å²) >= 11 is 0. The summed E-state index contributed by atoms with van der Waals surface area (Å²) in [5, 5.41) is 15.4.